The smallest absolute Gasteiger partial charge is 0.192 e. The Morgan fingerprint density at radius 1 is 0.824 bits per heavy atom. The standard InChI is InChI=1S/C6H3F9N2/c7-4(8,9)2-1-16-17-3(2,5(10,11)12)6(13,14)15/h2H,1H2. The Kier molecular flexibility index (Phi) is 2.87. The summed E-state index contributed by atoms with van der Waals surface area (Å²) in [6.45, 7) is -1.69. The van der Waals surface area contributed by atoms with Crippen molar-refractivity contribution in [1.29, 1.82) is 0 Å². The summed E-state index contributed by atoms with van der Waals surface area (Å²) in [5, 5.41) is 4.10. The molecule has 0 fully saturated rings. The van der Waals surface area contributed by atoms with Crippen molar-refractivity contribution in [2.45, 2.75) is 24.1 Å². The predicted octanol–water partition coefficient (Wildman–Crippen LogP) is 3.49. The van der Waals surface area contributed by atoms with Crippen LogP contribution in [0.15, 0.2) is 10.2 Å². The first-order valence-corrected chi connectivity index (χ1v) is 3.93. The Labute approximate surface area is 87.5 Å². The van der Waals surface area contributed by atoms with Crippen LogP contribution in [0.2, 0.25) is 0 Å². The first kappa shape index (κ1) is 14.0. The number of hydrogen-bond acceptors (Lipinski definition) is 2. The number of halogens is 9. The van der Waals surface area contributed by atoms with Crippen LogP contribution in [0, 0.1) is 5.92 Å². The molecule has 0 saturated carbocycles. The van der Waals surface area contributed by atoms with Crippen LogP contribution < -0.4 is 0 Å². The highest BCUT2D eigenvalue weighted by atomic mass is 19.4. The van der Waals surface area contributed by atoms with Crippen LogP contribution in [0.25, 0.3) is 0 Å². The summed E-state index contributed by atoms with van der Waals surface area (Å²) in [6.07, 6.45) is -18.1. The minimum absolute atomic E-state index is 1.69. The zero-order chi connectivity index (χ0) is 13.7. The van der Waals surface area contributed by atoms with Crippen LogP contribution in [-0.2, 0) is 0 Å². The molecule has 1 aliphatic rings. The van der Waals surface area contributed by atoms with Crippen LogP contribution in [0.5, 0.6) is 0 Å². The molecule has 0 spiro atoms. The maximum atomic E-state index is 12.3. The molecule has 0 aromatic carbocycles. The van der Waals surface area contributed by atoms with Crippen LogP contribution in [0.1, 0.15) is 0 Å². The molecule has 2 nitrogen and oxygen atoms in total. The molecule has 1 atom stereocenters. The van der Waals surface area contributed by atoms with Gasteiger partial charge in [0.05, 0.1) is 6.54 Å². The molecule has 0 radical (unpaired) electrons. The summed E-state index contributed by atoms with van der Waals surface area (Å²) >= 11 is 0. The van der Waals surface area contributed by atoms with Crippen molar-refractivity contribution in [1.82, 2.24) is 0 Å². The lowest BCUT2D eigenvalue weighted by Crippen LogP contribution is -2.62. The van der Waals surface area contributed by atoms with Gasteiger partial charge in [-0.05, 0) is 0 Å². The fourth-order valence-corrected chi connectivity index (χ4v) is 1.45. The van der Waals surface area contributed by atoms with Gasteiger partial charge in [-0.15, -0.1) is 0 Å². The van der Waals surface area contributed by atoms with E-state index < -0.39 is 36.5 Å². The van der Waals surface area contributed by atoms with E-state index in [4.69, 9.17) is 0 Å². The average molecular weight is 274 g/mol. The Balaban J connectivity index is 3.39. The van der Waals surface area contributed by atoms with Gasteiger partial charge in [-0.2, -0.15) is 49.7 Å². The summed E-state index contributed by atoms with van der Waals surface area (Å²) in [6, 6.07) is 0. The summed E-state index contributed by atoms with van der Waals surface area (Å²) in [7, 11) is 0. The second-order valence-electron chi connectivity index (χ2n) is 3.28. The lowest BCUT2D eigenvalue weighted by molar-refractivity contribution is -0.336. The molecule has 100 valence electrons. The van der Waals surface area contributed by atoms with E-state index in [0.29, 0.717) is 0 Å². The third-order valence-corrected chi connectivity index (χ3v) is 2.26. The second kappa shape index (κ2) is 3.48. The average Bonchev–Trinajstić information content (AvgIpc) is 2.42. The van der Waals surface area contributed by atoms with Crippen molar-refractivity contribution in [2.75, 3.05) is 6.54 Å². The third-order valence-electron chi connectivity index (χ3n) is 2.26. The SMILES string of the molecule is FC(F)(F)C1CN=NC1(C(F)(F)F)C(F)(F)F. The fraction of sp³-hybridized carbons (Fsp3) is 1.00. The molecule has 11 heteroatoms. The Morgan fingerprint density at radius 3 is 1.47 bits per heavy atom. The number of alkyl halides is 9. The summed E-state index contributed by atoms with van der Waals surface area (Å²) < 4.78 is 111. The molecule has 0 amide bonds. The molecule has 0 bridgehead atoms. The van der Waals surface area contributed by atoms with Gasteiger partial charge >= 0.3 is 18.5 Å². The first-order chi connectivity index (χ1) is 7.34. The van der Waals surface area contributed by atoms with Crippen molar-refractivity contribution in [2.24, 2.45) is 16.1 Å². The molecule has 0 aliphatic carbocycles. The Hall–Kier alpha value is -1.03. The van der Waals surface area contributed by atoms with E-state index in [1.807, 2.05) is 5.11 Å². The second-order valence-corrected chi connectivity index (χ2v) is 3.28. The molecule has 0 N–H and O–H groups in total. The van der Waals surface area contributed by atoms with E-state index in [0.717, 1.165) is 0 Å². The molecule has 17 heavy (non-hydrogen) atoms. The van der Waals surface area contributed by atoms with E-state index in [2.05, 4.69) is 5.11 Å². The quantitative estimate of drug-likeness (QED) is 0.604. The van der Waals surface area contributed by atoms with Crippen LogP contribution in [0.4, 0.5) is 39.5 Å². The number of nitrogens with zero attached hydrogens (tertiary/aromatic N) is 2. The largest absolute Gasteiger partial charge is 0.425 e. The Morgan fingerprint density at radius 2 is 1.24 bits per heavy atom. The highest BCUT2D eigenvalue weighted by Crippen LogP contribution is 2.57. The molecule has 1 heterocycles. The summed E-state index contributed by atoms with van der Waals surface area (Å²) in [5.74, 6) is -3.74. The van der Waals surface area contributed by atoms with Crippen molar-refractivity contribution in [3.8, 4) is 0 Å². The molecule has 1 rings (SSSR count). The number of rotatable bonds is 0. The number of azo groups is 1. The fourth-order valence-electron chi connectivity index (χ4n) is 1.45. The van der Waals surface area contributed by atoms with Crippen molar-refractivity contribution in [3.05, 3.63) is 0 Å². The van der Waals surface area contributed by atoms with Gasteiger partial charge in [0.2, 0.25) is 0 Å². The monoisotopic (exact) mass is 274 g/mol. The molecule has 0 aromatic heterocycles. The highest BCUT2D eigenvalue weighted by molar-refractivity contribution is 5.11. The third kappa shape index (κ3) is 1.95. The maximum absolute atomic E-state index is 12.3. The Bertz CT molecular complexity index is 308. The van der Waals surface area contributed by atoms with E-state index in [9.17, 15) is 39.5 Å². The van der Waals surface area contributed by atoms with Gasteiger partial charge in [-0.1, -0.05) is 0 Å². The van der Waals surface area contributed by atoms with Crippen LogP contribution in [0.3, 0.4) is 0 Å². The normalized spacial score (nSPS) is 25.4. The first-order valence-electron chi connectivity index (χ1n) is 3.93. The van der Waals surface area contributed by atoms with Gasteiger partial charge in [-0.3, -0.25) is 0 Å². The highest BCUT2D eigenvalue weighted by Gasteiger charge is 2.81. The molecular formula is C6H3F9N2. The topological polar surface area (TPSA) is 24.7 Å². The lowest BCUT2D eigenvalue weighted by Gasteiger charge is -2.35. The van der Waals surface area contributed by atoms with Crippen LogP contribution >= 0.6 is 0 Å². The summed E-state index contributed by atoms with van der Waals surface area (Å²) in [4.78, 5) is 0. The molecule has 0 saturated heterocycles. The van der Waals surface area contributed by atoms with Crippen LogP contribution in [-0.4, -0.2) is 30.6 Å². The van der Waals surface area contributed by atoms with Crippen molar-refractivity contribution < 1.29 is 39.5 Å². The van der Waals surface area contributed by atoms with E-state index in [-0.39, 0.29) is 0 Å². The van der Waals surface area contributed by atoms with Gasteiger partial charge in [0.25, 0.3) is 5.54 Å². The lowest BCUT2D eigenvalue weighted by atomic mass is 9.83. The summed E-state index contributed by atoms with van der Waals surface area (Å²) in [5.41, 5.74) is -5.20. The van der Waals surface area contributed by atoms with E-state index in [1.165, 1.54) is 0 Å². The minimum atomic E-state index is -6.22. The number of hydrogen-bond donors (Lipinski definition) is 0. The zero-order valence-electron chi connectivity index (χ0n) is 7.58. The molecule has 1 unspecified atom stereocenters. The van der Waals surface area contributed by atoms with Gasteiger partial charge < -0.3 is 0 Å². The van der Waals surface area contributed by atoms with E-state index in [1.54, 1.807) is 0 Å². The van der Waals surface area contributed by atoms with Gasteiger partial charge in [0, 0.05) is 0 Å². The molecule has 0 aromatic rings. The predicted molar refractivity (Wildman–Crippen MR) is 34.1 cm³/mol. The van der Waals surface area contributed by atoms with Crippen molar-refractivity contribution >= 4 is 0 Å². The minimum Gasteiger partial charge on any atom is -0.192 e. The van der Waals surface area contributed by atoms with Gasteiger partial charge in [-0.25, -0.2) is 0 Å². The van der Waals surface area contributed by atoms with Gasteiger partial charge in [0.15, 0.2) is 0 Å². The van der Waals surface area contributed by atoms with Gasteiger partial charge in [0.1, 0.15) is 5.92 Å². The maximum Gasteiger partial charge on any atom is 0.425 e. The molecular weight excluding hydrogens is 271 g/mol. The van der Waals surface area contributed by atoms with E-state index >= 15 is 0 Å². The van der Waals surface area contributed by atoms with Crippen molar-refractivity contribution in [3.63, 3.8) is 0 Å². The molecule has 1 aliphatic heterocycles. The zero-order valence-corrected chi connectivity index (χ0v) is 7.58.